The number of benzene rings is 5. The number of nitro groups is 1. The van der Waals surface area contributed by atoms with E-state index in [1.807, 2.05) is 0 Å². The molecule has 5 rings (SSSR count). The van der Waals surface area contributed by atoms with Crippen molar-refractivity contribution in [2.75, 3.05) is 0 Å². The van der Waals surface area contributed by atoms with Crippen LogP contribution in [0, 0.1) is 10.1 Å². The largest absolute Gasteiger partial charge is 0.588 e. The third-order valence-corrected chi connectivity index (χ3v) is 9.19. The summed E-state index contributed by atoms with van der Waals surface area (Å²) in [7, 11) is -9.25. The number of non-ortho nitro benzene ring substituents is 1. The second-order valence-electron chi connectivity index (χ2n) is 8.91. The lowest BCUT2D eigenvalue weighted by molar-refractivity contribution is -0.384. The zero-order valence-corrected chi connectivity index (χ0v) is 24.2. The van der Waals surface area contributed by atoms with Gasteiger partial charge in [0.1, 0.15) is 23.0 Å². The van der Waals surface area contributed by atoms with E-state index in [4.69, 9.17) is 22.6 Å². The SMILES string of the molecule is O=[N+]([O-])c1ccc(C(OP(=O)(Oc2ccccc2)Oc2ccccc2)P(=O)(Oc2ccccc2)Oc2ccccc2)cc1. The van der Waals surface area contributed by atoms with Crippen LogP contribution in [0.25, 0.3) is 0 Å². The van der Waals surface area contributed by atoms with Gasteiger partial charge in [-0.1, -0.05) is 72.8 Å². The van der Waals surface area contributed by atoms with E-state index in [1.165, 1.54) is 24.3 Å². The zero-order valence-electron chi connectivity index (χ0n) is 22.4. The molecule has 0 N–H and O–H groups in total. The lowest BCUT2D eigenvalue weighted by Crippen LogP contribution is -2.16. The number of rotatable bonds is 13. The van der Waals surface area contributed by atoms with Crippen LogP contribution in [0.4, 0.5) is 5.69 Å². The average Bonchev–Trinajstić information content (AvgIpc) is 3.02. The average molecular weight is 617 g/mol. The summed E-state index contributed by atoms with van der Waals surface area (Å²) in [6, 6.07) is 37.8. The van der Waals surface area contributed by atoms with Crippen LogP contribution in [0.2, 0.25) is 0 Å². The molecular formula is C31H25NO9P2. The van der Waals surface area contributed by atoms with E-state index in [2.05, 4.69) is 0 Å². The molecule has 0 aliphatic carbocycles. The summed E-state index contributed by atoms with van der Waals surface area (Å²) in [6.45, 7) is 0. The fourth-order valence-corrected chi connectivity index (χ4v) is 7.49. The number of hydrogen-bond acceptors (Lipinski definition) is 9. The van der Waals surface area contributed by atoms with Gasteiger partial charge in [0.15, 0.2) is 0 Å². The molecule has 5 aromatic carbocycles. The molecular weight excluding hydrogens is 592 g/mol. The fraction of sp³-hybridized carbons (Fsp3) is 0.0323. The molecule has 0 bridgehead atoms. The Bertz CT molecular complexity index is 1630. The Morgan fingerprint density at radius 2 is 0.860 bits per heavy atom. The van der Waals surface area contributed by atoms with Crippen LogP contribution < -0.4 is 18.1 Å². The summed E-state index contributed by atoms with van der Waals surface area (Å²) in [5, 5.41) is 11.4. The van der Waals surface area contributed by atoms with Crippen molar-refractivity contribution in [2.45, 2.75) is 5.85 Å². The molecule has 43 heavy (non-hydrogen) atoms. The minimum atomic E-state index is -4.69. The van der Waals surface area contributed by atoms with E-state index in [-0.39, 0.29) is 34.2 Å². The van der Waals surface area contributed by atoms with Crippen LogP contribution in [-0.2, 0) is 13.7 Å². The molecule has 0 aliphatic heterocycles. The van der Waals surface area contributed by atoms with Gasteiger partial charge in [-0.2, -0.15) is 0 Å². The van der Waals surface area contributed by atoms with Crippen molar-refractivity contribution >= 4 is 21.1 Å². The maximum absolute atomic E-state index is 14.9. The Morgan fingerprint density at radius 1 is 0.512 bits per heavy atom. The maximum atomic E-state index is 14.9. The molecule has 0 saturated heterocycles. The molecule has 0 aromatic heterocycles. The van der Waals surface area contributed by atoms with Gasteiger partial charge in [-0.3, -0.25) is 10.1 Å². The Hall–Kier alpha value is -4.88. The molecule has 0 heterocycles. The van der Waals surface area contributed by atoms with Crippen LogP contribution in [0.5, 0.6) is 23.0 Å². The first-order chi connectivity index (χ1) is 20.8. The number of phosphoric ester groups is 1. The summed E-state index contributed by atoms with van der Waals surface area (Å²) in [4.78, 5) is 10.8. The van der Waals surface area contributed by atoms with Gasteiger partial charge in [0.05, 0.1) is 4.92 Å². The molecule has 1 unspecified atom stereocenters. The van der Waals surface area contributed by atoms with Gasteiger partial charge in [-0.25, -0.2) is 13.7 Å². The van der Waals surface area contributed by atoms with Gasteiger partial charge < -0.3 is 18.1 Å². The molecule has 12 heteroatoms. The molecule has 0 saturated carbocycles. The van der Waals surface area contributed by atoms with E-state index in [0.29, 0.717) is 0 Å². The molecule has 218 valence electrons. The van der Waals surface area contributed by atoms with E-state index >= 15 is 0 Å². The highest BCUT2D eigenvalue weighted by Crippen LogP contribution is 2.66. The summed E-state index contributed by atoms with van der Waals surface area (Å²) >= 11 is 0. The van der Waals surface area contributed by atoms with E-state index in [9.17, 15) is 19.2 Å². The second-order valence-corrected chi connectivity index (χ2v) is 12.3. The molecule has 0 spiro atoms. The van der Waals surface area contributed by atoms with Crippen molar-refractivity contribution in [2.24, 2.45) is 0 Å². The highest BCUT2D eigenvalue weighted by molar-refractivity contribution is 7.56. The van der Waals surface area contributed by atoms with Crippen LogP contribution in [0.3, 0.4) is 0 Å². The van der Waals surface area contributed by atoms with E-state index in [0.717, 1.165) is 0 Å². The van der Waals surface area contributed by atoms with Crippen molar-refractivity contribution in [3.05, 3.63) is 161 Å². The molecule has 10 nitrogen and oxygen atoms in total. The van der Waals surface area contributed by atoms with Crippen LogP contribution in [0.15, 0.2) is 146 Å². The predicted molar refractivity (Wildman–Crippen MR) is 160 cm³/mol. The number of nitro benzene ring substituents is 1. The monoisotopic (exact) mass is 617 g/mol. The number of phosphoric acid groups is 1. The van der Waals surface area contributed by atoms with Crippen molar-refractivity contribution < 1.29 is 36.7 Å². The summed E-state index contributed by atoms with van der Waals surface area (Å²) in [5.41, 5.74) is -0.135. The number of hydrogen-bond donors (Lipinski definition) is 0. The van der Waals surface area contributed by atoms with Gasteiger partial charge in [-0.05, 0) is 66.2 Å². The normalized spacial score (nSPS) is 12.1. The Morgan fingerprint density at radius 3 is 1.21 bits per heavy atom. The van der Waals surface area contributed by atoms with Crippen LogP contribution in [0.1, 0.15) is 11.4 Å². The third kappa shape index (κ3) is 7.90. The van der Waals surface area contributed by atoms with Gasteiger partial charge >= 0.3 is 15.4 Å². The highest BCUT2D eigenvalue weighted by Gasteiger charge is 2.49. The zero-order chi connectivity index (χ0) is 30.1. The molecule has 5 aromatic rings. The summed E-state index contributed by atoms with van der Waals surface area (Å²) in [6.07, 6.45) is 0. The Balaban J connectivity index is 1.64. The summed E-state index contributed by atoms with van der Waals surface area (Å²) in [5.74, 6) is -1.13. The first-order valence-electron chi connectivity index (χ1n) is 12.9. The quantitative estimate of drug-likeness (QED) is 0.0722. The topological polar surface area (TPSA) is 123 Å². The lowest BCUT2D eigenvalue weighted by atomic mass is 10.2. The van der Waals surface area contributed by atoms with E-state index < -0.39 is 26.2 Å². The predicted octanol–water partition coefficient (Wildman–Crippen LogP) is 9.23. The molecule has 0 aliphatic rings. The fourth-order valence-electron chi connectivity index (χ4n) is 3.84. The Labute approximate surface area is 247 Å². The first kappa shape index (κ1) is 29.6. The van der Waals surface area contributed by atoms with Gasteiger partial charge in [0, 0.05) is 12.1 Å². The molecule has 1 atom stereocenters. The van der Waals surface area contributed by atoms with Crippen molar-refractivity contribution in [1.82, 2.24) is 0 Å². The van der Waals surface area contributed by atoms with Gasteiger partial charge in [-0.15, -0.1) is 0 Å². The third-order valence-electron chi connectivity index (χ3n) is 5.78. The molecule has 0 radical (unpaired) electrons. The second kappa shape index (κ2) is 13.4. The number of nitrogens with zero attached hydrogens (tertiary/aromatic N) is 1. The van der Waals surface area contributed by atoms with E-state index in [1.54, 1.807) is 121 Å². The van der Waals surface area contributed by atoms with Crippen molar-refractivity contribution in [1.29, 1.82) is 0 Å². The van der Waals surface area contributed by atoms with Gasteiger partial charge in [0.2, 0.25) is 5.85 Å². The maximum Gasteiger partial charge on any atom is 0.588 e. The minimum Gasteiger partial charge on any atom is -0.414 e. The smallest absolute Gasteiger partial charge is 0.414 e. The highest BCUT2D eigenvalue weighted by atomic mass is 31.2. The Kier molecular flexibility index (Phi) is 9.23. The molecule has 0 fully saturated rings. The number of para-hydroxylation sites is 4. The standard InChI is InChI=1S/C31H25NO9P2/c33-32(34)26-23-21-25(22-24-26)31(42(35,37-27-13-5-1-6-14-27)38-28-15-7-2-8-16-28)41-43(36,39-29-17-9-3-10-18-29)40-30-19-11-4-12-20-30/h1-24,31H. The molecule has 0 amide bonds. The van der Waals surface area contributed by atoms with Crippen LogP contribution in [-0.4, -0.2) is 4.92 Å². The van der Waals surface area contributed by atoms with Crippen molar-refractivity contribution in [3.8, 4) is 23.0 Å². The lowest BCUT2D eigenvalue weighted by Gasteiger charge is -2.30. The minimum absolute atomic E-state index is 0.0920. The van der Waals surface area contributed by atoms with Gasteiger partial charge in [0.25, 0.3) is 5.69 Å². The summed E-state index contributed by atoms with van der Waals surface area (Å²) < 4.78 is 59.0. The van der Waals surface area contributed by atoms with Crippen LogP contribution >= 0.6 is 15.4 Å². The first-order valence-corrected chi connectivity index (χ1v) is 16.0. The van der Waals surface area contributed by atoms with Crippen molar-refractivity contribution in [3.63, 3.8) is 0 Å².